The molecule has 0 bridgehead atoms. The SMILES string of the molecule is COc1ccc([Si](C)(C)[C@@H]2[C@@H](CCn3cc(C(CO)c4ccccc4)nn3)O[C@]3(C(=O)N(Cc4cccc(N(C=O)c5ccccc5)c4)c4ccc(Cl)cc43)[C@H]2C)cc1. The molecule has 8 rings (SSSR count). The summed E-state index contributed by atoms with van der Waals surface area (Å²) in [6.07, 6.45) is 2.96. The zero-order valence-corrected chi connectivity index (χ0v) is 35.4. The average Bonchev–Trinajstić information content (AvgIpc) is 3.91. The molecule has 2 aliphatic heterocycles. The van der Waals surface area contributed by atoms with Gasteiger partial charge >= 0.3 is 0 Å². The minimum atomic E-state index is -2.42. The van der Waals surface area contributed by atoms with Crippen LogP contribution in [-0.4, -0.2) is 60.3 Å². The Morgan fingerprint density at radius 3 is 2.36 bits per heavy atom. The van der Waals surface area contributed by atoms with E-state index in [2.05, 4.69) is 42.5 Å². The van der Waals surface area contributed by atoms with Crippen LogP contribution in [0.1, 0.15) is 41.6 Å². The Kier molecular flexibility index (Phi) is 11.3. The van der Waals surface area contributed by atoms with E-state index in [1.165, 1.54) is 5.19 Å². The molecule has 12 heteroatoms. The Bertz CT molecular complexity index is 2430. The van der Waals surface area contributed by atoms with Gasteiger partial charge in [0.15, 0.2) is 5.60 Å². The van der Waals surface area contributed by atoms with E-state index in [1.54, 1.807) is 12.0 Å². The maximum atomic E-state index is 15.4. The van der Waals surface area contributed by atoms with Crippen LogP contribution in [0.3, 0.4) is 0 Å². The Morgan fingerprint density at radius 1 is 0.949 bits per heavy atom. The predicted octanol–water partition coefficient (Wildman–Crippen LogP) is 8.21. The number of aryl methyl sites for hydroxylation is 1. The second-order valence-corrected chi connectivity index (χ2v) is 21.2. The Labute approximate surface area is 351 Å². The first-order valence-electron chi connectivity index (χ1n) is 20.0. The minimum Gasteiger partial charge on any atom is -0.497 e. The van der Waals surface area contributed by atoms with Crippen molar-refractivity contribution < 1.29 is 24.2 Å². The molecule has 1 fully saturated rings. The minimum absolute atomic E-state index is 0.000484. The Morgan fingerprint density at radius 2 is 1.66 bits per heavy atom. The Balaban J connectivity index is 1.15. The van der Waals surface area contributed by atoms with Crippen molar-refractivity contribution in [3.63, 3.8) is 0 Å². The third-order valence-electron chi connectivity index (χ3n) is 12.4. The summed E-state index contributed by atoms with van der Waals surface area (Å²) in [7, 11) is -0.754. The maximum Gasteiger partial charge on any atom is 0.264 e. The number of amides is 2. The molecule has 1 aromatic heterocycles. The zero-order valence-electron chi connectivity index (χ0n) is 33.6. The summed E-state index contributed by atoms with van der Waals surface area (Å²) in [5.41, 5.74) is 4.19. The van der Waals surface area contributed by atoms with Gasteiger partial charge in [0.2, 0.25) is 6.41 Å². The smallest absolute Gasteiger partial charge is 0.264 e. The highest BCUT2D eigenvalue weighted by Crippen LogP contribution is 2.60. The molecule has 5 atom stereocenters. The fraction of sp³-hybridized carbons (Fsp3) is 0.277. The van der Waals surface area contributed by atoms with Crippen molar-refractivity contribution in [2.75, 3.05) is 23.5 Å². The highest BCUT2D eigenvalue weighted by atomic mass is 35.5. The van der Waals surface area contributed by atoms with Crippen LogP contribution in [0.25, 0.3) is 0 Å². The molecule has 302 valence electrons. The van der Waals surface area contributed by atoms with Crippen LogP contribution in [0.15, 0.2) is 134 Å². The first kappa shape index (κ1) is 40.2. The monoisotopic (exact) mass is 825 g/mol. The summed E-state index contributed by atoms with van der Waals surface area (Å²) in [5, 5.41) is 21.1. The maximum absolute atomic E-state index is 15.4. The third-order valence-corrected chi connectivity index (χ3v) is 17.0. The Hall–Kier alpha value is -5.59. The molecule has 1 N–H and O–H groups in total. The molecule has 0 saturated carbocycles. The number of benzene rings is 5. The van der Waals surface area contributed by atoms with E-state index in [-0.39, 0.29) is 42.5 Å². The van der Waals surface area contributed by atoms with E-state index >= 15 is 4.79 Å². The number of fused-ring (bicyclic) bond motifs is 2. The molecule has 10 nitrogen and oxygen atoms in total. The normalized spacial score (nSPS) is 20.5. The van der Waals surface area contributed by atoms with E-state index in [0.717, 1.165) is 40.2 Å². The zero-order chi connectivity index (χ0) is 41.3. The number of rotatable bonds is 14. The number of aliphatic hydroxyl groups excluding tert-OH is 1. The number of nitrogens with zero attached hydrogens (tertiary/aromatic N) is 5. The number of carbonyl (C=O) groups is 2. The van der Waals surface area contributed by atoms with Gasteiger partial charge in [0, 0.05) is 40.6 Å². The lowest BCUT2D eigenvalue weighted by molar-refractivity contribution is -0.146. The topological polar surface area (TPSA) is 110 Å². The van der Waals surface area contributed by atoms with Gasteiger partial charge in [0.25, 0.3) is 5.91 Å². The number of halogens is 1. The molecule has 0 aliphatic carbocycles. The average molecular weight is 826 g/mol. The van der Waals surface area contributed by atoms with Crippen LogP contribution in [0.4, 0.5) is 17.1 Å². The van der Waals surface area contributed by atoms with Gasteiger partial charge in [-0.05, 0) is 77.7 Å². The molecule has 1 spiro atoms. The van der Waals surface area contributed by atoms with Crippen molar-refractivity contribution in [1.82, 2.24) is 15.0 Å². The van der Waals surface area contributed by atoms with Crippen LogP contribution < -0.4 is 19.7 Å². The van der Waals surface area contributed by atoms with Crippen molar-refractivity contribution in [1.29, 1.82) is 0 Å². The third kappa shape index (κ3) is 7.37. The quantitative estimate of drug-likeness (QED) is 0.0871. The highest BCUT2D eigenvalue weighted by Gasteiger charge is 2.66. The van der Waals surface area contributed by atoms with Crippen molar-refractivity contribution in [3.05, 3.63) is 161 Å². The molecule has 6 aromatic rings. The lowest BCUT2D eigenvalue weighted by atomic mass is 9.82. The second-order valence-electron chi connectivity index (χ2n) is 16.0. The largest absolute Gasteiger partial charge is 0.497 e. The van der Waals surface area contributed by atoms with Crippen molar-refractivity contribution >= 4 is 54.2 Å². The molecular formula is C47H48ClN5O5Si. The standard InChI is InChI=1S/C47H48ClN5O5Si/c1-32-45(59(3,4)39-21-19-38(57-2)20-22-39)44(24-25-51-29-42(49-50-51)40(30-54)34-13-7-5-8-14-34)58-47(32)41-27-35(48)18-23-43(41)52(46(47)56)28-33-12-11-17-37(26-33)53(31-55)36-15-9-6-10-16-36/h5-23,26-27,29,31-32,40,44-45,54H,24-25,28,30H2,1-4H3/t32-,40?,44+,45-,47+/m0/s1. The van der Waals surface area contributed by atoms with Crippen molar-refractivity contribution in [3.8, 4) is 5.75 Å². The summed E-state index contributed by atoms with van der Waals surface area (Å²) >= 11 is 6.77. The van der Waals surface area contributed by atoms with Gasteiger partial charge in [-0.1, -0.05) is 115 Å². The van der Waals surface area contributed by atoms with E-state index < -0.39 is 13.7 Å². The van der Waals surface area contributed by atoms with E-state index in [9.17, 15) is 9.90 Å². The van der Waals surface area contributed by atoms with Crippen LogP contribution >= 0.6 is 11.6 Å². The number of aromatic nitrogens is 3. The number of ether oxygens (including phenoxy) is 2. The van der Waals surface area contributed by atoms with Gasteiger partial charge in [-0.25, -0.2) is 0 Å². The predicted molar refractivity (Wildman–Crippen MR) is 233 cm³/mol. The molecule has 1 saturated heterocycles. The van der Waals surface area contributed by atoms with Crippen molar-refractivity contribution in [2.45, 2.75) is 62.7 Å². The first-order chi connectivity index (χ1) is 28.6. The molecule has 2 aliphatic rings. The summed E-state index contributed by atoms with van der Waals surface area (Å²) in [6, 6.07) is 41.0. The number of carbonyl (C=O) groups excluding carboxylic acids is 2. The number of para-hydroxylation sites is 1. The van der Waals surface area contributed by atoms with E-state index in [0.29, 0.717) is 29.4 Å². The van der Waals surface area contributed by atoms with Crippen LogP contribution in [0.2, 0.25) is 23.7 Å². The van der Waals surface area contributed by atoms with Gasteiger partial charge < -0.3 is 19.5 Å². The highest BCUT2D eigenvalue weighted by molar-refractivity contribution is 6.91. The van der Waals surface area contributed by atoms with E-state index in [1.807, 2.05) is 131 Å². The van der Waals surface area contributed by atoms with Crippen LogP contribution in [0.5, 0.6) is 5.75 Å². The fourth-order valence-electron chi connectivity index (χ4n) is 9.46. The fourth-order valence-corrected chi connectivity index (χ4v) is 13.7. The molecular weight excluding hydrogens is 778 g/mol. The lowest BCUT2D eigenvalue weighted by Gasteiger charge is -2.37. The molecule has 2 amide bonds. The molecule has 5 aromatic carbocycles. The van der Waals surface area contributed by atoms with Gasteiger partial charge in [-0.3, -0.25) is 19.2 Å². The van der Waals surface area contributed by atoms with Crippen LogP contribution in [0, 0.1) is 5.92 Å². The summed E-state index contributed by atoms with van der Waals surface area (Å²) in [4.78, 5) is 31.2. The molecule has 3 heterocycles. The van der Waals surface area contributed by atoms with Gasteiger partial charge in [-0.2, -0.15) is 0 Å². The second kappa shape index (κ2) is 16.6. The number of aliphatic hydroxyl groups is 1. The lowest BCUT2D eigenvalue weighted by Crippen LogP contribution is -2.51. The number of anilines is 3. The molecule has 59 heavy (non-hydrogen) atoms. The molecule has 1 unspecified atom stereocenters. The summed E-state index contributed by atoms with van der Waals surface area (Å²) in [5.74, 6) is 0.125. The summed E-state index contributed by atoms with van der Waals surface area (Å²) < 4.78 is 14.7. The van der Waals surface area contributed by atoms with E-state index in [4.69, 9.17) is 21.1 Å². The summed E-state index contributed by atoms with van der Waals surface area (Å²) in [6.45, 7) is 7.56. The number of hydrogen-bond acceptors (Lipinski definition) is 7. The van der Waals surface area contributed by atoms with Gasteiger partial charge in [0.1, 0.15) is 5.75 Å². The van der Waals surface area contributed by atoms with Crippen molar-refractivity contribution in [2.24, 2.45) is 5.92 Å². The van der Waals surface area contributed by atoms with Crippen LogP contribution in [-0.2, 0) is 33.0 Å². The molecule has 0 radical (unpaired) electrons. The number of methoxy groups -OCH3 is 1. The number of hydrogen-bond donors (Lipinski definition) is 1. The van der Waals surface area contributed by atoms with Gasteiger partial charge in [0.05, 0.1) is 51.7 Å². The van der Waals surface area contributed by atoms with Gasteiger partial charge in [-0.15, -0.1) is 5.10 Å². The first-order valence-corrected chi connectivity index (χ1v) is 23.4.